The first-order valence-corrected chi connectivity index (χ1v) is 4.63. The van der Waals surface area contributed by atoms with Crippen LogP contribution < -0.4 is 5.43 Å². The van der Waals surface area contributed by atoms with E-state index in [-0.39, 0.29) is 0 Å². The largest absolute Gasteiger partial charge is 0.492 e. The number of ether oxygens (including phenoxy) is 1. The summed E-state index contributed by atoms with van der Waals surface area (Å²) in [5, 5.41) is 4.04. The molecule has 0 atom stereocenters. The summed E-state index contributed by atoms with van der Waals surface area (Å²) in [4.78, 5) is 0. The van der Waals surface area contributed by atoms with E-state index in [9.17, 15) is 0 Å². The van der Waals surface area contributed by atoms with Crippen LogP contribution in [0.2, 0.25) is 0 Å². The summed E-state index contributed by atoms with van der Waals surface area (Å²) < 4.78 is 5.39. The van der Waals surface area contributed by atoms with Gasteiger partial charge in [-0.3, -0.25) is 5.43 Å². The van der Waals surface area contributed by atoms with Crippen LogP contribution in [0.3, 0.4) is 0 Å². The molecule has 0 fully saturated rings. The van der Waals surface area contributed by atoms with Gasteiger partial charge >= 0.3 is 0 Å². The number of fused-ring (bicyclic) bond motifs is 1. The Labute approximate surface area is 83.1 Å². The molecule has 0 aliphatic carbocycles. The fraction of sp³-hybridized carbons (Fsp3) is 0.182. The average Bonchev–Trinajstić information content (AvgIpc) is 2.40. The van der Waals surface area contributed by atoms with Crippen LogP contribution in [0, 0.1) is 0 Å². The number of nitrogens with one attached hydrogen (secondary N) is 1. The third kappa shape index (κ3) is 1.76. The van der Waals surface area contributed by atoms with E-state index in [1.54, 1.807) is 6.21 Å². The Morgan fingerprint density at radius 3 is 3.07 bits per heavy atom. The van der Waals surface area contributed by atoms with E-state index in [4.69, 9.17) is 4.74 Å². The highest BCUT2D eigenvalue weighted by molar-refractivity contribution is 5.87. The lowest BCUT2D eigenvalue weighted by molar-refractivity contribution is 0.254. The Kier molecular flexibility index (Phi) is 2.49. The van der Waals surface area contributed by atoms with Crippen molar-refractivity contribution in [1.82, 2.24) is 0 Å². The highest BCUT2D eigenvalue weighted by Gasteiger charge is 2.03. The van der Waals surface area contributed by atoms with E-state index in [1.807, 2.05) is 37.3 Å². The molecular formula is C11H12N2O. The van der Waals surface area contributed by atoms with Crippen molar-refractivity contribution < 1.29 is 4.74 Å². The van der Waals surface area contributed by atoms with Crippen molar-refractivity contribution in [1.29, 1.82) is 0 Å². The second-order valence-electron chi connectivity index (χ2n) is 2.94. The van der Waals surface area contributed by atoms with Gasteiger partial charge in [-0.15, -0.1) is 0 Å². The molecule has 0 bridgehead atoms. The number of hydrogen-bond acceptors (Lipinski definition) is 3. The van der Waals surface area contributed by atoms with Crippen molar-refractivity contribution in [3.63, 3.8) is 0 Å². The molecule has 0 amide bonds. The van der Waals surface area contributed by atoms with Crippen molar-refractivity contribution in [2.75, 3.05) is 12.0 Å². The highest BCUT2D eigenvalue weighted by Crippen LogP contribution is 2.20. The van der Waals surface area contributed by atoms with Gasteiger partial charge in [0.15, 0.2) is 0 Å². The molecule has 0 spiro atoms. The van der Waals surface area contributed by atoms with Crippen molar-refractivity contribution in [2.45, 2.75) is 6.92 Å². The minimum atomic E-state index is 0.653. The fourth-order valence-electron chi connectivity index (χ4n) is 1.33. The molecule has 14 heavy (non-hydrogen) atoms. The molecule has 1 heterocycles. The van der Waals surface area contributed by atoms with Crippen LogP contribution in [0.15, 0.2) is 35.1 Å². The predicted molar refractivity (Wildman–Crippen MR) is 58.2 cm³/mol. The van der Waals surface area contributed by atoms with Crippen molar-refractivity contribution >= 4 is 18.0 Å². The van der Waals surface area contributed by atoms with Crippen molar-refractivity contribution in [3.05, 3.63) is 35.6 Å². The maximum absolute atomic E-state index is 5.39. The summed E-state index contributed by atoms with van der Waals surface area (Å²) in [6, 6.07) is 7.97. The third-order valence-corrected chi connectivity index (χ3v) is 1.95. The maximum atomic E-state index is 5.39. The van der Waals surface area contributed by atoms with Crippen LogP contribution in [0.5, 0.6) is 0 Å². The number of hydrogen-bond donors (Lipinski definition) is 1. The van der Waals surface area contributed by atoms with Gasteiger partial charge in [-0.25, -0.2) is 0 Å². The number of rotatable bonds is 2. The molecule has 2 rings (SSSR count). The van der Waals surface area contributed by atoms with Crippen LogP contribution in [0.1, 0.15) is 12.5 Å². The molecule has 1 N–H and O–H groups in total. The summed E-state index contributed by atoms with van der Waals surface area (Å²) in [5.41, 5.74) is 5.04. The fourth-order valence-corrected chi connectivity index (χ4v) is 1.33. The lowest BCUT2D eigenvalue weighted by Gasteiger charge is -2.02. The molecule has 1 aromatic carbocycles. The van der Waals surface area contributed by atoms with Gasteiger partial charge in [-0.1, -0.05) is 18.2 Å². The Bertz CT molecular complexity index is 383. The lowest BCUT2D eigenvalue weighted by Crippen LogP contribution is -1.92. The Hall–Kier alpha value is -1.77. The zero-order valence-electron chi connectivity index (χ0n) is 8.03. The number of allylic oxidation sites excluding steroid dienone is 1. The van der Waals surface area contributed by atoms with E-state index in [2.05, 4.69) is 10.5 Å². The predicted octanol–water partition coefficient (Wildman–Crippen LogP) is 2.48. The SMILES string of the molecule is CCOC1=Cc2ccccc2NN=C1. The highest BCUT2D eigenvalue weighted by atomic mass is 16.5. The van der Waals surface area contributed by atoms with Gasteiger partial charge in [0.2, 0.25) is 0 Å². The molecule has 1 aliphatic rings. The third-order valence-electron chi connectivity index (χ3n) is 1.95. The first-order valence-electron chi connectivity index (χ1n) is 4.63. The van der Waals surface area contributed by atoms with Crippen LogP contribution in [0.25, 0.3) is 6.08 Å². The van der Waals surface area contributed by atoms with Gasteiger partial charge in [-0.05, 0) is 19.1 Å². The molecule has 72 valence electrons. The zero-order valence-corrected chi connectivity index (χ0v) is 8.03. The quantitative estimate of drug-likeness (QED) is 0.773. The van der Waals surface area contributed by atoms with Gasteiger partial charge in [0.25, 0.3) is 0 Å². The maximum Gasteiger partial charge on any atom is 0.139 e. The molecule has 0 saturated heterocycles. The molecule has 0 saturated carbocycles. The first kappa shape index (κ1) is 8.81. The Morgan fingerprint density at radius 2 is 2.21 bits per heavy atom. The van der Waals surface area contributed by atoms with Gasteiger partial charge in [0.05, 0.1) is 18.5 Å². The monoisotopic (exact) mass is 188 g/mol. The molecule has 3 heteroatoms. The van der Waals surface area contributed by atoms with Gasteiger partial charge < -0.3 is 4.74 Å². The van der Waals surface area contributed by atoms with Crippen LogP contribution >= 0.6 is 0 Å². The Balaban J connectivity index is 2.36. The van der Waals surface area contributed by atoms with E-state index >= 15 is 0 Å². The second-order valence-corrected chi connectivity index (χ2v) is 2.94. The molecule has 1 aliphatic heterocycles. The lowest BCUT2D eigenvalue weighted by atomic mass is 10.1. The number of hydrazone groups is 1. The van der Waals surface area contributed by atoms with Crippen molar-refractivity contribution in [2.24, 2.45) is 5.10 Å². The first-order chi connectivity index (χ1) is 6.90. The van der Waals surface area contributed by atoms with Crippen LogP contribution in [-0.4, -0.2) is 12.8 Å². The minimum absolute atomic E-state index is 0.653. The summed E-state index contributed by atoms with van der Waals surface area (Å²) in [7, 11) is 0. The van der Waals surface area contributed by atoms with Gasteiger partial charge in [0.1, 0.15) is 5.76 Å². The topological polar surface area (TPSA) is 33.6 Å². The number of anilines is 1. The van der Waals surface area contributed by atoms with Gasteiger partial charge in [0, 0.05) is 5.56 Å². The second kappa shape index (κ2) is 3.96. The summed E-state index contributed by atoms with van der Waals surface area (Å²) in [5.74, 6) is 0.782. The molecule has 1 aromatic rings. The van der Waals surface area contributed by atoms with E-state index in [0.717, 1.165) is 17.0 Å². The molecule has 0 unspecified atom stereocenters. The molecular weight excluding hydrogens is 176 g/mol. The van der Waals surface area contributed by atoms with Crippen LogP contribution in [0.4, 0.5) is 5.69 Å². The van der Waals surface area contributed by atoms with E-state index in [0.29, 0.717) is 6.61 Å². The molecule has 3 nitrogen and oxygen atoms in total. The smallest absolute Gasteiger partial charge is 0.139 e. The number of nitrogens with zero attached hydrogens (tertiary/aromatic N) is 1. The molecule has 0 aromatic heterocycles. The summed E-state index contributed by atoms with van der Waals surface area (Å²) >= 11 is 0. The van der Waals surface area contributed by atoms with Gasteiger partial charge in [-0.2, -0.15) is 5.10 Å². The number of para-hydroxylation sites is 1. The number of benzene rings is 1. The Morgan fingerprint density at radius 1 is 1.36 bits per heavy atom. The minimum Gasteiger partial charge on any atom is -0.492 e. The van der Waals surface area contributed by atoms with Crippen molar-refractivity contribution in [3.8, 4) is 0 Å². The summed E-state index contributed by atoms with van der Waals surface area (Å²) in [6.07, 6.45) is 3.66. The standard InChI is InChI=1S/C11H12N2O/c1-2-14-10-7-9-5-3-4-6-11(9)13-12-8-10/h3-8,13H,2H2,1H3. The molecule has 0 radical (unpaired) electrons. The van der Waals surface area contributed by atoms with E-state index in [1.165, 1.54) is 0 Å². The average molecular weight is 188 g/mol. The van der Waals surface area contributed by atoms with E-state index < -0.39 is 0 Å². The van der Waals surface area contributed by atoms with Crippen LogP contribution in [-0.2, 0) is 4.74 Å². The summed E-state index contributed by atoms with van der Waals surface area (Å²) in [6.45, 7) is 2.61. The normalized spacial score (nSPS) is 13.6. The zero-order chi connectivity index (χ0) is 9.80.